The first kappa shape index (κ1) is 8.78. The molecule has 0 aromatic heterocycles. The monoisotopic (exact) mass is 190 g/mol. The Morgan fingerprint density at radius 1 is 1.46 bits per heavy atom. The highest BCUT2D eigenvalue weighted by Gasteiger charge is 2.56. The van der Waals surface area contributed by atoms with Crippen molar-refractivity contribution in [3.05, 3.63) is 12.2 Å². The number of rotatable bonds is 1. The lowest BCUT2D eigenvalue weighted by Crippen LogP contribution is -2.37. The van der Waals surface area contributed by atoms with E-state index in [2.05, 4.69) is 0 Å². The van der Waals surface area contributed by atoms with Gasteiger partial charge in [-0.15, -0.1) is 0 Å². The molecule has 0 aromatic rings. The van der Waals surface area contributed by atoms with Crippen LogP contribution < -0.4 is 0 Å². The molecule has 0 radical (unpaired) electrons. The van der Waals surface area contributed by atoms with E-state index in [0.29, 0.717) is 12.8 Å². The zero-order valence-corrected chi connectivity index (χ0v) is 6.90. The number of allylic oxidation sites excluding steroid dienone is 2. The van der Waals surface area contributed by atoms with E-state index in [1.54, 1.807) is 6.08 Å². The number of hydrogen-bond acceptors (Lipinski definition) is 1. The van der Waals surface area contributed by atoms with Crippen LogP contribution in [0.15, 0.2) is 12.2 Å². The molecule has 0 N–H and O–H groups in total. The van der Waals surface area contributed by atoms with Crippen molar-refractivity contribution in [1.82, 2.24) is 0 Å². The Morgan fingerprint density at radius 2 is 2.15 bits per heavy atom. The Morgan fingerprint density at radius 3 is 2.46 bits per heavy atom. The normalized spacial score (nSPS) is 37.0. The lowest BCUT2D eigenvalue weighted by molar-refractivity contribution is -0.179. The fraction of sp³-hybridized carbons (Fsp3) is 0.667. The summed E-state index contributed by atoms with van der Waals surface area (Å²) in [5.74, 6) is -1.36. The van der Waals surface area contributed by atoms with E-state index in [1.165, 1.54) is 6.08 Å². The van der Waals surface area contributed by atoms with Crippen LogP contribution in [0.4, 0.5) is 13.2 Å². The molecule has 2 unspecified atom stereocenters. The molecule has 13 heavy (non-hydrogen) atoms. The molecule has 4 heteroatoms. The second kappa shape index (κ2) is 2.36. The van der Waals surface area contributed by atoms with Gasteiger partial charge in [-0.1, -0.05) is 12.2 Å². The van der Waals surface area contributed by atoms with E-state index in [-0.39, 0.29) is 5.92 Å². The van der Waals surface area contributed by atoms with Crippen LogP contribution in [-0.2, 0) is 4.79 Å². The summed E-state index contributed by atoms with van der Waals surface area (Å²) in [6.07, 6.45) is -0.0239. The number of carbonyl (C=O) groups is 1. The van der Waals surface area contributed by atoms with Gasteiger partial charge in [0.25, 0.3) is 0 Å². The van der Waals surface area contributed by atoms with E-state index < -0.39 is 17.4 Å². The number of Topliss-reactive ketones (excluding diaryl/α,β-unsaturated/α-hetero) is 1. The second-order valence-electron chi connectivity index (χ2n) is 3.85. The maximum atomic E-state index is 12.2. The van der Waals surface area contributed by atoms with Gasteiger partial charge < -0.3 is 0 Å². The van der Waals surface area contributed by atoms with E-state index in [1.807, 2.05) is 0 Å². The van der Waals surface area contributed by atoms with Gasteiger partial charge in [0, 0.05) is 0 Å². The third-order valence-electron chi connectivity index (χ3n) is 2.98. The van der Waals surface area contributed by atoms with Gasteiger partial charge >= 0.3 is 6.18 Å². The van der Waals surface area contributed by atoms with Crippen molar-refractivity contribution >= 4 is 5.78 Å². The van der Waals surface area contributed by atoms with Crippen LogP contribution >= 0.6 is 0 Å². The summed E-state index contributed by atoms with van der Waals surface area (Å²) in [6, 6.07) is 0. The first-order chi connectivity index (χ1) is 5.94. The van der Waals surface area contributed by atoms with Crippen molar-refractivity contribution in [2.45, 2.75) is 25.4 Å². The van der Waals surface area contributed by atoms with Gasteiger partial charge in [0.1, 0.15) is 0 Å². The average Bonchev–Trinajstić information content (AvgIpc) is 2.60. The first-order valence-corrected chi connectivity index (χ1v) is 4.25. The van der Waals surface area contributed by atoms with Gasteiger partial charge in [-0.3, -0.25) is 4.79 Å². The quantitative estimate of drug-likeness (QED) is 0.580. The Labute approximate surface area is 73.6 Å². The third-order valence-corrected chi connectivity index (χ3v) is 2.98. The van der Waals surface area contributed by atoms with Crippen molar-refractivity contribution in [1.29, 1.82) is 0 Å². The minimum absolute atomic E-state index is 0.200. The van der Waals surface area contributed by atoms with E-state index in [4.69, 9.17) is 0 Å². The maximum absolute atomic E-state index is 12.2. The van der Waals surface area contributed by atoms with Crippen molar-refractivity contribution in [2.24, 2.45) is 11.3 Å². The van der Waals surface area contributed by atoms with Crippen LogP contribution in [0.2, 0.25) is 0 Å². The predicted molar refractivity (Wildman–Crippen MR) is 40.0 cm³/mol. The molecule has 1 saturated carbocycles. The van der Waals surface area contributed by atoms with Crippen LogP contribution in [0.1, 0.15) is 19.3 Å². The third kappa shape index (κ3) is 1.19. The van der Waals surface area contributed by atoms with Crippen LogP contribution in [0.3, 0.4) is 0 Å². The van der Waals surface area contributed by atoms with Gasteiger partial charge in [-0.25, -0.2) is 0 Å². The Bertz CT molecular complexity index is 279. The number of alkyl halides is 3. The topological polar surface area (TPSA) is 17.1 Å². The highest BCUT2D eigenvalue weighted by molar-refractivity contribution is 5.92. The smallest absolute Gasteiger partial charge is 0.289 e. The first-order valence-electron chi connectivity index (χ1n) is 4.25. The van der Waals surface area contributed by atoms with E-state index >= 15 is 0 Å². The number of hydrogen-bond donors (Lipinski definition) is 0. The molecule has 1 fully saturated rings. The lowest BCUT2D eigenvalue weighted by atomic mass is 9.83. The van der Waals surface area contributed by atoms with Gasteiger partial charge in [0.05, 0.1) is 5.41 Å². The molecule has 2 aliphatic carbocycles. The summed E-state index contributed by atoms with van der Waals surface area (Å²) in [6.45, 7) is 0. The predicted octanol–water partition coefficient (Wildman–Crippen LogP) is 2.47. The molecule has 2 atom stereocenters. The molecule has 0 spiro atoms. The SMILES string of the molecule is O=C(C(F)(F)F)C12C=CC(CC1)C2. The van der Waals surface area contributed by atoms with E-state index in [0.717, 1.165) is 6.42 Å². The van der Waals surface area contributed by atoms with Crippen LogP contribution in [0.5, 0.6) is 0 Å². The molecular weight excluding hydrogens is 181 g/mol. The van der Waals surface area contributed by atoms with Crippen molar-refractivity contribution in [3.8, 4) is 0 Å². The number of halogens is 3. The van der Waals surface area contributed by atoms with Gasteiger partial charge in [-0.2, -0.15) is 13.2 Å². The fourth-order valence-corrected chi connectivity index (χ4v) is 2.32. The summed E-state index contributed by atoms with van der Waals surface area (Å²) in [5.41, 5.74) is -1.19. The summed E-state index contributed by atoms with van der Waals surface area (Å²) < 4.78 is 36.5. The van der Waals surface area contributed by atoms with Crippen LogP contribution in [0.25, 0.3) is 0 Å². The highest BCUT2D eigenvalue weighted by atomic mass is 19.4. The summed E-state index contributed by atoms with van der Waals surface area (Å²) in [7, 11) is 0. The van der Waals surface area contributed by atoms with Crippen molar-refractivity contribution in [3.63, 3.8) is 0 Å². The van der Waals surface area contributed by atoms with Gasteiger partial charge in [0.2, 0.25) is 5.78 Å². The molecule has 2 aliphatic rings. The molecule has 0 aromatic carbocycles. The summed E-state index contributed by atoms with van der Waals surface area (Å²) in [5, 5.41) is 0. The molecule has 0 aliphatic heterocycles. The van der Waals surface area contributed by atoms with Crippen LogP contribution in [-0.4, -0.2) is 12.0 Å². The fourth-order valence-electron chi connectivity index (χ4n) is 2.32. The standard InChI is InChI=1S/C9H9F3O/c10-9(11,12)7(13)8-3-1-6(5-8)2-4-8/h1,3,6H,2,4-5H2. The zero-order valence-electron chi connectivity index (χ0n) is 6.90. The number of ketones is 1. The van der Waals surface area contributed by atoms with Gasteiger partial charge in [0.15, 0.2) is 0 Å². The Hall–Kier alpha value is -0.800. The second-order valence-corrected chi connectivity index (χ2v) is 3.85. The lowest BCUT2D eigenvalue weighted by Gasteiger charge is -2.22. The molecular formula is C9H9F3O. The largest absolute Gasteiger partial charge is 0.450 e. The highest BCUT2D eigenvalue weighted by Crippen LogP contribution is 2.52. The van der Waals surface area contributed by atoms with Crippen molar-refractivity contribution < 1.29 is 18.0 Å². The van der Waals surface area contributed by atoms with Crippen LogP contribution in [0, 0.1) is 11.3 Å². The summed E-state index contributed by atoms with van der Waals surface area (Å²) in [4.78, 5) is 11.1. The maximum Gasteiger partial charge on any atom is 0.450 e. The Balaban J connectivity index is 2.26. The Kier molecular flexibility index (Phi) is 1.60. The average molecular weight is 190 g/mol. The minimum Gasteiger partial charge on any atom is -0.289 e. The number of fused-ring (bicyclic) bond motifs is 2. The molecule has 2 bridgehead atoms. The molecule has 0 saturated heterocycles. The zero-order chi connectivity index (χ0) is 9.69. The minimum atomic E-state index is -4.68. The number of carbonyl (C=O) groups excluding carboxylic acids is 1. The molecule has 0 amide bonds. The molecule has 1 nitrogen and oxygen atoms in total. The molecule has 0 heterocycles. The van der Waals surface area contributed by atoms with E-state index in [9.17, 15) is 18.0 Å². The summed E-state index contributed by atoms with van der Waals surface area (Å²) >= 11 is 0. The molecule has 2 rings (SSSR count). The van der Waals surface area contributed by atoms with Crippen molar-refractivity contribution in [2.75, 3.05) is 0 Å². The molecule has 72 valence electrons. The van der Waals surface area contributed by atoms with Gasteiger partial charge in [-0.05, 0) is 25.2 Å².